The van der Waals surface area contributed by atoms with Crippen LogP contribution in [0.25, 0.3) is 0 Å². The van der Waals surface area contributed by atoms with Gasteiger partial charge in [-0.2, -0.15) is 4.31 Å². The summed E-state index contributed by atoms with van der Waals surface area (Å²) in [7, 11) is -3.58. The molecule has 0 aromatic heterocycles. The molecule has 0 saturated carbocycles. The van der Waals surface area contributed by atoms with Gasteiger partial charge in [-0.05, 0) is 55.3 Å². The molecule has 1 N–H and O–H groups in total. The summed E-state index contributed by atoms with van der Waals surface area (Å²) < 4.78 is 44.5. The Kier molecular flexibility index (Phi) is 8.05. The molecule has 0 aliphatic carbocycles. The second kappa shape index (κ2) is 10.7. The van der Waals surface area contributed by atoms with E-state index in [0.717, 1.165) is 17.7 Å². The molecule has 0 unspecified atom stereocenters. The van der Waals surface area contributed by atoms with E-state index in [-0.39, 0.29) is 17.1 Å². The summed E-state index contributed by atoms with van der Waals surface area (Å²) in [5, 5.41) is 2.55. The van der Waals surface area contributed by atoms with E-state index in [4.69, 9.17) is 4.74 Å². The Morgan fingerprint density at radius 1 is 1.10 bits per heavy atom. The van der Waals surface area contributed by atoms with E-state index in [2.05, 4.69) is 5.32 Å². The Balaban J connectivity index is 1.44. The summed E-state index contributed by atoms with van der Waals surface area (Å²) in [4.78, 5) is 24.8. The van der Waals surface area contributed by atoms with Crippen LogP contribution in [0.15, 0.2) is 58.3 Å². The summed E-state index contributed by atoms with van der Waals surface area (Å²) in [6, 6.07) is 11.9. The molecule has 1 heterocycles. The Bertz CT molecular complexity index is 1020. The van der Waals surface area contributed by atoms with Crippen LogP contribution >= 0.6 is 11.8 Å². The predicted octanol–water partition coefficient (Wildman–Crippen LogP) is 3.27. The quantitative estimate of drug-likeness (QED) is 0.450. The van der Waals surface area contributed by atoms with Gasteiger partial charge in [0.05, 0.1) is 11.3 Å². The molecule has 1 aliphatic heterocycles. The van der Waals surface area contributed by atoms with Crippen molar-refractivity contribution in [3.63, 3.8) is 0 Å². The molecule has 1 aliphatic rings. The van der Waals surface area contributed by atoms with Gasteiger partial charge in [0.1, 0.15) is 5.82 Å². The van der Waals surface area contributed by atoms with Crippen molar-refractivity contribution in [3.05, 3.63) is 54.3 Å². The summed E-state index contributed by atoms with van der Waals surface area (Å²) in [6.45, 7) is 0.520. The highest BCUT2D eigenvalue weighted by Crippen LogP contribution is 2.23. The highest BCUT2D eigenvalue weighted by atomic mass is 32.2. The first-order chi connectivity index (χ1) is 14.8. The fourth-order valence-electron chi connectivity index (χ4n) is 3.01. The second-order valence-electron chi connectivity index (χ2n) is 6.90. The number of ether oxygens (including phenoxy) is 1. The van der Waals surface area contributed by atoms with Gasteiger partial charge in [0.25, 0.3) is 5.91 Å². The Morgan fingerprint density at radius 2 is 1.81 bits per heavy atom. The normalized spacial score (nSPS) is 14.4. The predicted molar refractivity (Wildman–Crippen MR) is 116 cm³/mol. The number of carbonyl (C=O) groups excluding carboxylic acids is 2. The first-order valence-corrected chi connectivity index (χ1v) is 12.2. The maximum absolute atomic E-state index is 12.9. The number of rotatable bonds is 9. The Morgan fingerprint density at radius 3 is 2.52 bits per heavy atom. The smallest absolute Gasteiger partial charge is 0.307 e. The molecule has 0 radical (unpaired) electrons. The number of carbonyl (C=O) groups is 2. The largest absolute Gasteiger partial charge is 0.456 e. The fraction of sp³-hybridized carbons (Fsp3) is 0.333. The summed E-state index contributed by atoms with van der Waals surface area (Å²) >= 11 is 1.38. The molecule has 7 nitrogen and oxygen atoms in total. The van der Waals surface area contributed by atoms with Crippen LogP contribution in [0.1, 0.15) is 19.3 Å². The minimum Gasteiger partial charge on any atom is -0.456 e. The van der Waals surface area contributed by atoms with Gasteiger partial charge in [0, 0.05) is 29.4 Å². The minimum absolute atomic E-state index is 0.0961. The number of halogens is 1. The number of anilines is 1. The number of benzene rings is 2. The first-order valence-electron chi connectivity index (χ1n) is 9.79. The van der Waals surface area contributed by atoms with Gasteiger partial charge >= 0.3 is 5.97 Å². The van der Waals surface area contributed by atoms with Crippen molar-refractivity contribution in [1.82, 2.24) is 4.31 Å². The number of hydrogen-bond acceptors (Lipinski definition) is 6. The maximum atomic E-state index is 12.9. The lowest BCUT2D eigenvalue weighted by atomic mass is 10.3. The van der Waals surface area contributed by atoms with E-state index in [0.29, 0.717) is 24.5 Å². The van der Waals surface area contributed by atoms with Crippen molar-refractivity contribution in [2.45, 2.75) is 29.1 Å². The topological polar surface area (TPSA) is 92.8 Å². The SMILES string of the molecule is O=C(COC(=O)CCSc1ccc(F)cc1)Nc1cccc(S(=O)(=O)N2CCCC2)c1. The Hall–Kier alpha value is -2.43. The van der Waals surface area contributed by atoms with E-state index in [1.807, 2.05) is 0 Å². The van der Waals surface area contributed by atoms with Gasteiger partial charge in [0.2, 0.25) is 10.0 Å². The van der Waals surface area contributed by atoms with Crippen LogP contribution < -0.4 is 5.32 Å². The zero-order valence-corrected chi connectivity index (χ0v) is 18.4. The summed E-state index contributed by atoms with van der Waals surface area (Å²) in [5.74, 6) is -0.984. The molecular weight excluding hydrogens is 443 g/mol. The van der Waals surface area contributed by atoms with Crippen molar-refractivity contribution in [2.75, 3.05) is 30.8 Å². The summed E-state index contributed by atoms with van der Waals surface area (Å²) in [6.07, 6.45) is 1.77. The number of thioether (sulfide) groups is 1. The van der Waals surface area contributed by atoms with E-state index >= 15 is 0 Å². The highest BCUT2D eigenvalue weighted by Gasteiger charge is 2.27. The molecular formula is C21H23FN2O5S2. The van der Waals surface area contributed by atoms with Crippen LogP contribution in [0.3, 0.4) is 0 Å². The van der Waals surface area contributed by atoms with Crippen molar-refractivity contribution < 1.29 is 27.1 Å². The number of nitrogens with zero attached hydrogens (tertiary/aromatic N) is 1. The average molecular weight is 467 g/mol. The minimum atomic E-state index is -3.58. The van der Waals surface area contributed by atoms with E-state index in [1.54, 1.807) is 24.3 Å². The molecule has 2 aromatic rings. The standard InChI is InChI=1S/C21H23FN2O5S2/c22-16-6-8-18(9-7-16)30-13-10-21(26)29-15-20(25)23-17-4-3-5-19(14-17)31(27,28)24-11-1-2-12-24/h3-9,14H,1-2,10-13,15H2,(H,23,25). The number of sulfonamides is 1. The maximum Gasteiger partial charge on any atom is 0.307 e. The molecule has 0 bridgehead atoms. The lowest BCUT2D eigenvalue weighted by molar-refractivity contribution is -0.146. The van der Waals surface area contributed by atoms with Crippen LogP contribution in [-0.4, -0.2) is 50.0 Å². The summed E-state index contributed by atoms with van der Waals surface area (Å²) in [5.41, 5.74) is 0.313. The molecule has 31 heavy (non-hydrogen) atoms. The molecule has 0 atom stereocenters. The lowest BCUT2D eigenvalue weighted by Crippen LogP contribution is -2.28. The van der Waals surface area contributed by atoms with Gasteiger partial charge < -0.3 is 10.1 Å². The second-order valence-corrected chi connectivity index (χ2v) is 10.0. The van der Waals surface area contributed by atoms with Gasteiger partial charge in [-0.3, -0.25) is 9.59 Å². The molecule has 2 aromatic carbocycles. The van der Waals surface area contributed by atoms with Gasteiger partial charge in [-0.25, -0.2) is 12.8 Å². The number of hydrogen-bond donors (Lipinski definition) is 1. The monoisotopic (exact) mass is 466 g/mol. The van der Waals surface area contributed by atoms with Gasteiger partial charge in [0.15, 0.2) is 6.61 Å². The molecule has 10 heteroatoms. The van der Waals surface area contributed by atoms with Crippen molar-refractivity contribution >= 4 is 39.3 Å². The first kappa shape index (κ1) is 23.2. The molecule has 3 rings (SSSR count). The number of amides is 1. The third kappa shape index (κ3) is 6.78. The van der Waals surface area contributed by atoms with Crippen molar-refractivity contribution in [1.29, 1.82) is 0 Å². The zero-order valence-electron chi connectivity index (χ0n) is 16.8. The number of nitrogens with one attached hydrogen (secondary N) is 1. The van der Waals surface area contributed by atoms with Crippen LogP contribution in [-0.2, 0) is 24.3 Å². The average Bonchev–Trinajstić information content (AvgIpc) is 3.30. The van der Waals surface area contributed by atoms with Gasteiger partial charge in [-0.1, -0.05) is 6.07 Å². The molecule has 166 valence electrons. The van der Waals surface area contributed by atoms with E-state index in [1.165, 1.54) is 40.3 Å². The molecule has 1 saturated heterocycles. The van der Waals surface area contributed by atoms with Crippen LogP contribution in [0.2, 0.25) is 0 Å². The zero-order chi connectivity index (χ0) is 22.3. The lowest BCUT2D eigenvalue weighted by Gasteiger charge is -2.16. The van der Waals surface area contributed by atoms with Crippen LogP contribution in [0, 0.1) is 5.82 Å². The van der Waals surface area contributed by atoms with E-state index in [9.17, 15) is 22.4 Å². The molecule has 1 amide bonds. The van der Waals surface area contributed by atoms with Crippen molar-refractivity contribution in [2.24, 2.45) is 0 Å². The van der Waals surface area contributed by atoms with Gasteiger partial charge in [-0.15, -0.1) is 11.8 Å². The molecule has 0 spiro atoms. The van der Waals surface area contributed by atoms with E-state index < -0.39 is 28.5 Å². The third-order valence-corrected chi connectivity index (χ3v) is 7.48. The van der Waals surface area contributed by atoms with Crippen LogP contribution in [0.4, 0.5) is 10.1 Å². The van der Waals surface area contributed by atoms with Crippen LogP contribution in [0.5, 0.6) is 0 Å². The number of esters is 1. The molecule has 1 fully saturated rings. The fourth-order valence-corrected chi connectivity index (χ4v) is 5.41. The van der Waals surface area contributed by atoms with Crippen molar-refractivity contribution in [3.8, 4) is 0 Å². The highest BCUT2D eigenvalue weighted by molar-refractivity contribution is 7.99. The third-order valence-electron chi connectivity index (χ3n) is 4.57. The Labute approximate surface area is 185 Å².